The molecule has 0 fully saturated rings. The Morgan fingerprint density at radius 2 is 0.889 bits per heavy atom. The van der Waals surface area contributed by atoms with E-state index in [-0.39, 0.29) is 29.7 Å². The fraction of sp³-hybridized carbons (Fsp3) is 0.657. The molecule has 0 atom stereocenters. The fourth-order valence-corrected chi connectivity index (χ4v) is 1.53. The molecule has 0 radical (unpaired) electrons. The molecule has 0 saturated heterocycles. The Kier molecular flexibility index (Phi) is 89.5. The summed E-state index contributed by atoms with van der Waals surface area (Å²) in [5.74, 6) is 0.843. The fourth-order valence-electron chi connectivity index (χ4n) is 1.53. The van der Waals surface area contributed by atoms with E-state index in [2.05, 4.69) is 81.4 Å². The van der Waals surface area contributed by atoms with Gasteiger partial charge in [0.2, 0.25) is 0 Å². The Bertz CT molecular complexity index is 421. The van der Waals surface area contributed by atoms with E-state index in [1.54, 1.807) is 7.11 Å². The highest BCUT2D eigenvalue weighted by Crippen LogP contribution is 2.04. The monoisotopic (exact) mass is 513 g/mol. The lowest BCUT2D eigenvalue weighted by Gasteiger charge is -1.94. The van der Waals surface area contributed by atoms with Gasteiger partial charge in [0.25, 0.3) is 0 Å². The van der Waals surface area contributed by atoms with Gasteiger partial charge in [-0.05, 0) is 51.9 Å². The molecule has 0 spiro atoms. The molecule has 1 heteroatoms. The molecule has 0 aromatic rings. The van der Waals surface area contributed by atoms with Crippen molar-refractivity contribution in [1.29, 1.82) is 0 Å². The van der Waals surface area contributed by atoms with Gasteiger partial charge in [-0.15, -0.1) is 0 Å². The summed E-state index contributed by atoms with van der Waals surface area (Å²) in [6, 6.07) is 0. The lowest BCUT2D eigenvalue weighted by Crippen LogP contribution is -1.77. The Labute approximate surface area is 234 Å². The summed E-state index contributed by atoms with van der Waals surface area (Å²) in [5.41, 5.74) is 5.26. The van der Waals surface area contributed by atoms with Gasteiger partial charge in [-0.25, -0.2) is 0 Å². The lowest BCUT2D eigenvalue weighted by atomic mass is 10.1. The Morgan fingerprint density at radius 1 is 0.556 bits per heavy atom. The van der Waals surface area contributed by atoms with E-state index in [4.69, 9.17) is 4.74 Å². The molecule has 0 bridgehead atoms. The van der Waals surface area contributed by atoms with Crippen molar-refractivity contribution in [1.82, 2.24) is 0 Å². The molecule has 0 aliphatic carbocycles. The predicted molar refractivity (Wildman–Crippen MR) is 181 cm³/mol. The van der Waals surface area contributed by atoms with Gasteiger partial charge in [-0.1, -0.05) is 159 Å². The number of hydrogen-bond acceptors (Lipinski definition) is 1. The van der Waals surface area contributed by atoms with Crippen LogP contribution in [-0.4, -0.2) is 7.11 Å². The Balaban J connectivity index is -0.0000000352. The first-order chi connectivity index (χ1) is 15.0. The number of methoxy groups -OCH3 is 1. The molecule has 0 aromatic heterocycles. The zero-order valence-corrected chi connectivity index (χ0v) is 24.0. The normalized spacial score (nSPS) is 7.72. The van der Waals surface area contributed by atoms with Crippen LogP contribution in [0.15, 0.2) is 73.1 Å². The lowest BCUT2D eigenvalue weighted by molar-refractivity contribution is 0.283. The van der Waals surface area contributed by atoms with E-state index >= 15 is 0 Å². The topological polar surface area (TPSA) is 9.23 Å². The summed E-state index contributed by atoms with van der Waals surface area (Å²) in [4.78, 5) is 0. The van der Waals surface area contributed by atoms with Crippen LogP contribution in [-0.2, 0) is 4.74 Å². The zero-order valence-electron chi connectivity index (χ0n) is 24.0. The third-order valence-electron chi connectivity index (χ3n) is 4.64. The number of ether oxygens (including phenoxy) is 1. The van der Waals surface area contributed by atoms with Crippen molar-refractivity contribution >= 4 is 0 Å². The number of rotatable bonds is 11. The highest BCUT2D eigenvalue weighted by atomic mass is 16.5. The van der Waals surface area contributed by atoms with Crippen molar-refractivity contribution in [2.45, 2.75) is 150 Å². The van der Waals surface area contributed by atoms with Gasteiger partial charge in [0, 0.05) is 6.42 Å². The van der Waals surface area contributed by atoms with Crippen LogP contribution in [0.5, 0.6) is 0 Å². The van der Waals surface area contributed by atoms with E-state index in [0.29, 0.717) is 0 Å². The molecule has 1 nitrogen and oxygen atoms in total. The molecule has 0 aliphatic rings. The van der Waals surface area contributed by atoms with Crippen molar-refractivity contribution in [3.63, 3.8) is 0 Å². The summed E-state index contributed by atoms with van der Waals surface area (Å²) in [6.45, 7) is 37.8. The smallest absolute Gasteiger partial charge is 0.0881 e. The number of hydrogen-bond donors (Lipinski definition) is 0. The van der Waals surface area contributed by atoms with E-state index < -0.39 is 0 Å². The standard InChI is InChI=1S/C7H14.C7H12.2C6H12.C5H10O.4CH4/c2*1-4-6-7(3)5-2;2*1-4-6(3)5-2;1-4-5(2)6-3;;;;/h3-6H2,1-2H3;4,6H,3,5H2,1-2H3;2*3-5H2,1-2H3;2,4H2,1,3H3;4*1H4/b;6-4-;;;;;;;. The highest BCUT2D eigenvalue weighted by molar-refractivity contribution is 5.12. The maximum atomic E-state index is 4.70. The van der Waals surface area contributed by atoms with Gasteiger partial charge in [-0.2, -0.15) is 0 Å². The third-order valence-corrected chi connectivity index (χ3v) is 4.64. The molecule has 0 saturated carbocycles. The predicted octanol–water partition coefficient (Wildman–Crippen LogP) is 14.1. The van der Waals surface area contributed by atoms with E-state index in [0.717, 1.165) is 50.7 Å². The SMILES string of the molecule is C.C.C.C.C=C(/C=C\C)CC.C=C(CC)CC.C=C(CC)CC.C=C(CC)CCC.C=C(CC)OC. The summed E-state index contributed by atoms with van der Waals surface area (Å²) in [5, 5.41) is 0. The molecule has 0 aromatic carbocycles. The van der Waals surface area contributed by atoms with Crippen LogP contribution in [0, 0.1) is 0 Å². The zero-order chi connectivity index (χ0) is 26.4. The van der Waals surface area contributed by atoms with Crippen LogP contribution in [0.2, 0.25) is 0 Å². The van der Waals surface area contributed by atoms with Crippen LogP contribution < -0.4 is 0 Å². The molecule has 0 aliphatic heterocycles. The van der Waals surface area contributed by atoms with Crippen molar-refractivity contribution in [2.75, 3.05) is 7.11 Å². The van der Waals surface area contributed by atoms with Crippen LogP contribution in [0.1, 0.15) is 150 Å². The maximum Gasteiger partial charge on any atom is 0.0881 e. The minimum atomic E-state index is 0. The molecule has 36 heavy (non-hydrogen) atoms. The first kappa shape index (κ1) is 59.4. The minimum absolute atomic E-state index is 0. The molecular formula is C35H76O. The van der Waals surface area contributed by atoms with E-state index in [1.165, 1.54) is 35.1 Å². The Hall–Kier alpha value is -1.76. The van der Waals surface area contributed by atoms with E-state index in [1.807, 2.05) is 26.0 Å². The van der Waals surface area contributed by atoms with Gasteiger partial charge < -0.3 is 4.74 Å². The second-order valence-corrected chi connectivity index (χ2v) is 7.38. The molecule has 222 valence electrons. The molecular weight excluding hydrogens is 436 g/mol. The van der Waals surface area contributed by atoms with Crippen LogP contribution in [0.25, 0.3) is 0 Å². The van der Waals surface area contributed by atoms with Crippen LogP contribution in [0.3, 0.4) is 0 Å². The molecule has 0 rings (SSSR count). The molecule has 0 unspecified atom stereocenters. The van der Waals surface area contributed by atoms with Gasteiger partial charge in [0.15, 0.2) is 0 Å². The first-order valence-corrected chi connectivity index (χ1v) is 12.6. The van der Waals surface area contributed by atoms with Crippen molar-refractivity contribution in [2.24, 2.45) is 0 Å². The van der Waals surface area contributed by atoms with Crippen molar-refractivity contribution in [3.05, 3.63) is 73.1 Å². The minimum Gasteiger partial charge on any atom is -0.502 e. The first-order valence-electron chi connectivity index (χ1n) is 12.6. The summed E-state index contributed by atoms with van der Waals surface area (Å²) in [7, 11) is 1.63. The van der Waals surface area contributed by atoms with Gasteiger partial charge >= 0.3 is 0 Å². The second-order valence-electron chi connectivity index (χ2n) is 7.38. The average molecular weight is 513 g/mol. The van der Waals surface area contributed by atoms with Gasteiger partial charge in [0.1, 0.15) is 0 Å². The van der Waals surface area contributed by atoms with Crippen LogP contribution >= 0.6 is 0 Å². The van der Waals surface area contributed by atoms with Crippen LogP contribution in [0.4, 0.5) is 0 Å². The molecule has 0 N–H and O–H groups in total. The largest absolute Gasteiger partial charge is 0.502 e. The average Bonchev–Trinajstić information content (AvgIpc) is 2.83. The third kappa shape index (κ3) is 76.8. The molecule has 0 amide bonds. The second kappa shape index (κ2) is 54.2. The van der Waals surface area contributed by atoms with Gasteiger partial charge in [0.05, 0.1) is 12.9 Å². The quantitative estimate of drug-likeness (QED) is 0.152. The summed E-state index contributed by atoms with van der Waals surface area (Å²) >= 11 is 0. The Morgan fingerprint density at radius 3 is 0.944 bits per heavy atom. The summed E-state index contributed by atoms with van der Waals surface area (Å²) in [6.07, 6.45) is 14.1. The maximum absolute atomic E-state index is 4.70. The van der Waals surface area contributed by atoms with E-state index in [9.17, 15) is 0 Å². The van der Waals surface area contributed by atoms with Crippen molar-refractivity contribution < 1.29 is 4.74 Å². The van der Waals surface area contributed by atoms with Gasteiger partial charge in [-0.3, -0.25) is 0 Å². The van der Waals surface area contributed by atoms with Crippen molar-refractivity contribution in [3.8, 4) is 0 Å². The molecule has 0 heterocycles. The number of allylic oxidation sites excluding steroid dienone is 7. The summed E-state index contributed by atoms with van der Waals surface area (Å²) < 4.78 is 4.70. The highest BCUT2D eigenvalue weighted by Gasteiger charge is 1.83.